The minimum Gasteiger partial charge on any atom is -0.440 e. The molecule has 1 amide bonds. The van der Waals surface area contributed by atoms with E-state index in [1.54, 1.807) is 13.1 Å². The zero-order valence-electron chi connectivity index (χ0n) is 11.3. The zero-order valence-corrected chi connectivity index (χ0v) is 11.3. The van der Waals surface area contributed by atoms with E-state index in [0.717, 1.165) is 22.9 Å². The quantitative estimate of drug-likeness (QED) is 0.895. The van der Waals surface area contributed by atoms with Crippen LogP contribution in [0.3, 0.4) is 0 Å². The molecule has 0 bridgehead atoms. The molecular formula is C15H17N3O2. The van der Waals surface area contributed by atoms with E-state index < -0.39 is 6.04 Å². The molecule has 1 atom stereocenters. The number of carbonyl (C=O) groups is 1. The number of benzene rings is 1. The Kier molecular flexibility index (Phi) is 3.28. The molecule has 1 aliphatic carbocycles. The number of amides is 1. The van der Waals surface area contributed by atoms with Gasteiger partial charge in [-0.3, -0.25) is 4.79 Å². The van der Waals surface area contributed by atoms with Gasteiger partial charge in [0.05, 0.1) is 12.2 Å². The van der Waals surface area contributed by atoms with Gasteiger partial charge in [-0.1, -0.05) is 0 Å². The molecule has 1 fully saturated rings. The third-order valence-corrected chi connectivity index (χ3v) is 3.30. The van der Waals surface area contributed by atoms with Crippen molar-refractivity contribution < 1.29 is 9.21 Å². The number of oxazole rings is 1. The lowest BCUT2D eigenvalue weighted by Gasteiger charge is -2.07. The smallest absolute Gasteiger partial charge is 0.240 e. The first kappa shape index (κ1) is 12.9. The van der Waals surface area contributed by atoms with E-state index in [0.29, 0.717) is 5.92 Å². The highest BCUT2D eigenvalue weighted by atomic mass is 16.4. The molecule has 3 rings (SSSR count). The molecule has 1 aromatic carbocycles. The van der Waals surface area contributed by atoms with Crippen LogP contribution in [0, 0.1) is 0 Å². The zero-order chi connectivity index (χ0) is 14.1. The summed E-state index contributed by atoms with van der Waals surface area (Å²) in [6.45, 7) is 1.65. The van der Waals surface area contributed by atoms with Crippen LogP contribution in [0.15, 0.2) is 34.9 Å². The largest absolute Gasteiger partial charge is 0.440 e. The fourth-order valence-electron chi connectivity index (χ4n) is 1.91. The van der Waals surface area contributed by atoms with Crippen molar-refractivity contribution in [3.05, 3.63) is 36.4 Å². The normalized spacial score (nSPS) is 15.9. The molecule has 1 heterocycles. The minimum absolute atomic E-state index is 0.201. The molecule has 3 N–H and O–H groups in total. The molecule has 1 aromatic heterocycles. The van der Waals surface area contributed by atoms with Gasteiger partial charge >= 0.3 is 0 Å². The highest BCUT2D eigenvalue weighted by molar-refractivity contribution is 5.94. The fourth-order valence-corrected chi connectivity index (χ4v) is 1.91. The lowest BCUT2D eigenvalue weighted by atomic mass is 10.1. The third-order valence-electron chi connectivity index (χ3n) is 3.30. The first-order valence-corrected chi connectivity index (χ1v) is 6.76. The predicted molar refractivity (Wildman–Crippen MR) is 76.2 cm³/mol. The molecule has 0 radical (unpaired) electrons. The summed E-state index contributed by atoms with van der Waals surface area (Å²) >= 11 is 0. The SMILES string of the molecule is C[C@H](N)C(=O)Nc1ccc(-c2cnc(C3CC3)o2)cc1. The average molecular weight is 271 g/mol. The maximum atomic E-state index is 11.5. The van der Waals surface area contributed by atoms with Crippen molar-refractivity contribution in [3.63, 3.8) is 0 Å². The van der Waals surface area contributed by atoms with Crippen LogP contribution in [-0.2, 0) is 4.79 Å². The van der Waals surface area contributed by atoms with Gasteiger partial charge in [-0.25, -0.2) is 4.98 Å². The Morgan fingerprint density at radius 1 is 1.40 bits per heavy atom. The monoisotopic (exact) mass is 271 g/mol. The number of rotatable bonds is 4. The van der Waals surface area contributed by atoms with Crippen molar-refractivity contribution in [2.24, 2.45) is 5.73 Å². The van der Waals surface area contributed by atoms with E-state index in [1.807, 2.05) is 24.3 Å². The maximum Gasteiger partial charge on any atom is 0.240 e. The molecule has 0 aliphatic heterocycles. The van der Waals surface area contributed by atoms with Gasteiger partial charge in [-0.2, -0.15) is 0 Å². The third kappa shape index (κ3) is 2.72. The number of nitrogens with one attached hydrogen (secondary N) is 1. The molecule has 0 unspecified atom stereocenters. The second-order valence-electron chi connectivity index (χ2n) is 5.19. The molecule has 0 saturated heterocycles. The van der Waals surface area contributed by atoms with Gasteiger partial charge in [0.25, 0.3) is 0 Å². The van der Waals surface area contributed by atoms with E-state index in [1.165, 1.54) is 12.8 Å². The molecule has 104 valence electrons. The summed E-state index contributed by atoms with van der Waals surface area (Å²) in [5, 5.41) is 2.74. The van der Waals surface area contributed by atoms with Crippen LogP contribution in [0.25, 0.3) is 11.3 Å². The van der Waals surface area contributed by atoms with Gasteiger partial charge < -0.3 is 15.5 Å². The standard InChI is InChI=1S/C15H17N3O2/c1-9(16)14(19)18-12-6-4-10(5-7-12)13-8-17-15(20-13)11-2-3-11/h4-9,11H,2-3,16H2,1H3,(H,18,19)/t9-/m0/s1. The van der Waals surface area contributed by atoms with Crippen molar-refractivity contribution in [2.75, 3.05) is 5.32 Å². The summed E-state index contributed by atoms with van der Waals surface area (Å²) < 4.78 is 5.73. The molecule has 0 spiro atoms. The summed E-state index contributed by atoms with van der Waals surface area (Å²) in [4.78, 5) is 15.8. The van der Waals surface area contributed by atoms with Gasteiger partial charge in [-0.15, -0.1) is 0 Å². The number of hydrogen-bond donors (Lipinski definition) is 2. The Labute approximate surface area is 117 Å². The summed E-state index contributed by atoms with van der Waals surface area (Å²) in [5.41, 5.74) is 7.17. The minimum atomic E-state index is -0.523. The highest BCUT2D eigenvalue weighted by Crippen LogP contribution is 2.40. The van der Waals surface area contributed by atoms with Crippen molar-refractivity contribution >= 4 is 11.6 Å². The van der Waals surface area contributed by atoms with Crippen LogP contribution in [0.5, 0.6) is 0 Å². The number of aromatic nitrogens is 1. The Morgan fingerprint density at radius 2 is 2.10 bits per heavy atom. The first-order chi connectivity index (χ1) is 9.63. The van der Waals surface area contributed by atoms with Crippen LogP contribution in [0.1, 0.15) is 31.6 Å². The van der Waals surface area contributed by atoms with Crippen LogP contribution < -0.4 is 11.1 Å². The van der Waals surface area contributed by atoms with Gasteiger partial charge in [0.1, 0.15) is 0 Å². The number of hydrogen-bond acceptors (Lipinski definition) is 4. The average Bonchev–Trinajstić information content (AvgIpc) is 3.17. The van der Waals surface area contributed by atoms with Crippen LogP contribution in [0.4, 0.5) is 5.69 Å². The van der Waals surface area contributed by atoms with E-state index >= 15 is 0 Å². The molecule has 1 aliphatic rings. The summed E-state index contributed by atoms with van der Waals surface area (Å²) in [6.07, 6.45) is 4.09. The van der Waals surface area contributed by atoms with Crippen LogP contribution in [-0.4, -0.2) is 16.9 Å². The Balaban J connectivity index is 1.73. The van der Waals surface area contributed by atoms with Gasteiger partial charge in [-0.05, 0) is 44.0 Å². The van der Waals surface area contributed by atoms with Gasteiger partial charge in [0.2, 0.25) is 5.91 Å². The second-order valence-corrected chi connectivity index (χ2v) is 5.19. The number of carbonyl (C=O) groups excluding carboxylic acids is 1. The Morgan fingerprint density at radius 3 is 2.70 bits per heavy atom. The second kappa shape index (κ2) is 5.09. The van der Waals surface area contributed by atoms with Crippen molar-refractivity contribution in [3.8, 4) is 11.3 Å². The fraction of sp³-hybridized carbons (Fsp3) is 0.333. The number of nitrogens with two attached hydrogens (primary N) is 1. The molecule has 20 heavy (non-hydrogen) atoms. The number of anilines is 1. The van der Waals surface area contributed by atoms with E-state index in [4.69, 9.17) is 10.2 Å². The highest BCUT2D eigenvalue weighted by Gasteiger charge is 2.28. The molecule has 5 nitrogen and oxygen atoms in total. The molecule has 2 aromatic rings. The summed E-state index contributed by atoms with van der Waals surface area (Å²) in [5.74, 6) is 1.90. The molecular weight excluding hydrogens is 254 g/mol. The van der Waals surface area contributed by atoms with Crippen molar-refractivity contribution in [1.82, 2.24) is 4.98 Å². The Hall–Kier alpha value is -2.14. The number of nitrogens with zero attached hydrogens (tertiary/aromatic N) is 1. The van der Waals surface area contributed by atoms with Crippen molar-refractivity contribution in [1.29, 1.82) is 0 Å². The lowest BCUT2D eigenvalue weighted by Crippen LogP contribution is -2.32. The van der Waals surface area contributed by atoms with Crippen LogP contribution >= 0.6 is 0 Å². The summed E-state index contributed by atoms with van der Waals surface area (Å²) in [6, 6.07) is 6.93. The van der Waals surface area contributed by atoms with E-state index in [-0.39, 0.29) is 5.91 Å². The summed E-state index contributed by atoms with van der Waals surface area (Å²) in [7, 11) is 0. The van der Waals surface area contributed by atoms with Gasteiger partial charge in [0, 0.05) is 17.2 Å². The van der Waals surface area contributed by atoms with Gasteiger partial charge in [0.15, 0.2) is 11.7 Å². The first-order valence-electron chi connectivity index (χ1n) is 6.76. The van der Waals surface area contributed by atoms with E-state index in [2.05, 4.69) is 10.3 Å². The van der Waals surface area contributed by atoms with E-state index in [9.17, 15) is 4.79 Å². The van der Waals surface area contributed by atoms with Crippen molar-refractivity contribution in [2.45, 2.75) is 31.7 Å². The van der Waals surface area contributed by atoms with Crippen LogP contribution in [0.2, 0.25) is 0 Å². The predicted octanol–water partition coefficient (Wildman–Crippen LogP) is 2.50. The lowest BCUT2D eigenvalue weighted by molar-refractivity contribution is -0.117. The molecule has 1 saturated carbocycles. The Bertz CT molecular complexity index is 612. The topological polar surface area (TPSA) is 81.2 Å². The molecule has 5 heteroatoms. The maximum absolute atomic E-state index is 11.5.